The Bertz CT molecular complexity index is 951. The second-order valence-corrected chi connectivity index (χ2v) is 9.10. The van der Waals surface area contributed by atoms with Crippen molar-refractivity contribution in [1.29, 1.82) is 0 Å². The molecule has 1 atom stereocenters. The van der Waals surface area contributed by atoms with Crippen molar-refractivity contribution in [1.82, 2.24) is 5.32 Å². The number of amides is 1. The summed E-state index contributed by atoms with van der Waals surface area (Å²) in [5.74, 6) is -0.408. The smallest absolute Gasteiger partial charge is 0.339 e. The summed E-state index contributed by atoms with van der Waals surface area (Å²) in [4.78, 5) is 26.9. The van der Waals surface area contributed by atoms with Gasteiger partial charge in [-0.1, -0.05) is 38.1 Å². The van der Waals surface area contributed by atoms with E-state index >= 15 is 0 Å². The Morgan fingerprint density at radius 1 is 1.09 bits per heavy atom. The predicted octanol–water partition coefficient (Wildman–Crippen LogP) is 5.22. The first-order chi connectivity index (χ1) is 15.9. The predicted molar refractivity (Wildman–Crippen MR) is 131 cm³/mol. The number of carboxylic acid groups (broad SMARTS) is 1. The summed E-state index contributed by atoms with van der Waals surface area (Å²) in [6, 6.07) is 13.2. The molecule has 2 aromatic carbocycles. The standard InChI is InChI=1S/C27H36N2O4/c1-4-33-25-17-20(12-13-22(25)27(31)32)18-26(30)28-23(16-19(2)3)21-10-6-7-11-24(21)29-14-8-5-9-15-29/h6-7,10-13,17,19,23H,4-5,8-9,14-16,18H2,1-3H3,(H,28,30)(H,31,32)/t23-/m0/s1/i27+1. The molecule has 6 heteroatoms. The number of nitrogens with zero attached hydrogens (tertiary/aromatic N) is 1. The van der Waals surface area contributed by atoms with Crippen LogP contribution in [-0.4, -0.2) is 36.7 Å². The third kappa shape index (κ3) is 6.73. The van der Waals surface area contributed by atoms with Crippen molar-refractivity contribution in [2.45, 2.75) is 58.9 Å². The summed E-state index contributed by atoms with van der Waals surface area (Å²) in [6.45, 7) is 8.61. The Morgan fingerprint density at radius 2 is 1.82 bits per heavy atom. The van der Waals surface area contributed by atoms with Crippen molar-refractivity contribution in [3.8, 4) is 5.75 Å². The maximum Gasteiger partial charge on any atom is 0.339 e. The van der Waals surface area contributed by atoms with Crippen molar-refractivity contribution in [2.75, 3.05) is 24.6 Å². The molecule has 1 heterocycles. The van der Waals surface area contributed by atoms with E-state index in [-0.39, 0.29) is 23.9 Å². The molecule has 0 spiro atoms. The molecule has 0 saturated carbocycles. The number of hydrogen-bond acceptors (Lipinski definition) is 4. The SMILES string of the molecule is CCOc1cc(CC(=O)N[C@@H](CC(C)C)c2ccccc2N2CCCCC2)ccc1[13C](=O)O. The van der Waals surface area contributed by atoms with Gasteiger partial charge in [-0.05, 0) is 67.9 Å². The number of para-hydroxylation sites is 1. The van der Waals surface area contributed by atoms with Gasteiger partial charge in [0.25, 0.3) is 0 Å². The van der Waals surface area contributed by atoms with E-state index in [4.69, 9.17) is 4.74 Å². The van der Waals surface area contributed by atoms with Crippen LogP contribution in [0, 0.1) is 5.92 Å². The van der Waals surface area contributed by atoms with Gasteiger partial charge in [-0.2, -0.15) is 0 Å². The van der Waals surface area contributed by atoms with Crippen LogP contribution >= 0.6 is 0 Å². The molecule has 2 aromatic rings. The molecule has 178 valence electrons. The molecular weight excluding hydrogens is 417 g/mol. The third-order valence-corrected chi connectivity index (χ3v) is 5.99. The molecule has 2 N–H and O–H groups in total. The fraction of sp³-hybridized carbons (Fsp3) is 0.481. The van der Waals surface area contributed by atoms with E-state index in [0.29, 0.717) is 18.3 Å². The van der Waals surface area contributed by atoms with Crippen LogP contribution in [0.2, 0.25) is 0 Å². The van der Waals surface area contributed by atoms with Gasteiger partial charge in [0.05, 0.1) is 19.1 Å². The molecule has 0 bridgehead atoms. The van der Waals surface area contributed by atoms with Gasteiger partial charge in [0.1, 0.15) is 11.3 Å². The van der Waals surface area contributed by atoms with Crippen molar-refractivity contribution in [2.24, 2.45) is 5.92 Å². The highest BCUT2D eigenvalue weighted by molar-refractivity contribution is 5.91. The van der Waals surface area contributed by atoms with Gasteiger partial charge in [-0.3, -0.25) is 4.79 Å². The van der Waals surface area contributed by atoms with Gasteiger partial charge in [-0.15, -0.1) is 0 Å². The van der Waals surface area contributed by atoms with E-state index in [1.54, 1.807) is 19.1 Å². The summed E-state index contributed by atoms with van der Waals surface area (Å²) in [7, 11) is 0. The van der Waals surface area contributed by atoms with Gasteiger partial charge in [0.15, 0.2) is 0 Å². The lowest BCUT2D eigenvalue weighted by Gasteiger charge is -2.33. The first kappa shape index (κ1) is 24.6. The van der Waals surface area contributed by atoms with Crippen molar-refractivity contribution in [3.05, 3.63) is 59.2 Å². The molecule has 1 aliphatic heterocycles. The second kappa shape index (κ2) is 11.7. The van der Waals surface area contributed by atoms with Crippen molar-refractivity contribution < 1.29 is 19.4 Å². The van der Waals surface area contributed by atoms with Crippen LogP contribution in [0.25, 0.3) is 0 Å². The Morgan fingerprint density at radius 3 is 2.48 bits per heavy atom. The van der Waals surface area contributed by atoms with Crippen LogP contribution < -0.4 is 15.0 Å². The molecule has 1 aliphatic rings. The Balaban J connectivity index is 1.80. The maximum atomic E-state index is 13.1. The van der Waals surface area contributed by atoms with E-state index < -0.39 is 5.97 Å². The molecule has 0 aromatic heterocycles. The minimum absolute atomic E-state index is 0.0831. The molecule has 0 unspecified atom stereocenters. The summed E-state index contributed by atoms with van der Waals surface area (Å²) < 4.78 is 5.49. The lowest BCUT2D eigenvalue weighted by atomic mass is 9.94. The number of carbonyl (C=O) groups excluding carboxylic acids is 1. The number of nitrogens with one attached hydrogen (secondary N) is 1. The van der Waals surface area contributed by atoms with Crippen LogP contribution in [-0.2, 0) is 11.2 Å². The van der Waals surface area contributed by atoms with Crippen molar-refractivity contribution >= 4 is 17.6 Å². The number of aromatic carboxylic acids is 1. The first-order valence-electron chi connectivity index (χ1n) is 12.0. The minimum Gasteiger partial charge on any atom is -0.493 e. The van der Waals surface area contributed by atoms with Crippen LogP contribution in [0.4, 0.5) is 5.69 Å². The average molecular weight is 454 g/mol. The van der Waals surface area contributed by atoms with E-state index in [9.17, 15) is 14.7 Å². The minimum atomic E-state index is -1.04. The average Bonchev–Trinajstić information content (AvgIpc) is 2.79. The van der Waals surface area contributed by atoms with Crippen LogP contribution in [0.5, 0.6) is 5.75 Å². The largest absolute Gasteiger partial charge is 0.493 e. The summed E-state index contributed by atoms with van der Waals surface area (Å²) >= 11 is 0. The van der Waals surface area contributed by atoms with E-state index in [1.807, 2.05) is 6.07 Å². The van der Waals surface area contributed by atoms with Crippen LogP contribution in [0.15, 0.2) is 42.5 Å². The zero-order valence-electron chi connectivity index (χ0n) is 20.0. The van der Waals surface area contributed by atoms with E-state index in [0.717, 1.165) is 30.6 Å². The number of hydrogen-bond donors (Lipinski definition) is 2. The zero-order valence-corrected chi connectivity index (χ0v) is 20.0. The van der Waals surface area contributed by atoms with Gasteiger partial charge >= 0.3 is 5.97 Å². The third-order valence-electron chi connectivity index (χ3n) is 5.99. The number of piperidine rings is 1. The quantitative estimate of drug-likeness (QED) is 0.482. The summed E-state index contributed by atoms with van der Waals surface area (Å²) in [6.07, 6.45) is 4.68. The fourth-order valence-corrected chi connectivity index (χ4v) is 4.50. The molecule has 33 heavy (non-hydrogen) atoms. The summed E-state index contributed by atoms with van der Waals surface area (Å²) in [5.41, 5.74) is 3.22. The molecule has 0 aliphatic carbocycles. The van der Waals surface area contributed by atoms with E-state index in [1.165, 1.54) is 31.0 Å². The first-order valence-corrected chi connectivity index (χ1v) is 12.0. The number of benzene rings is 2. The molecule has 6 nitrogen and oxygen atoms in total. The monoisotopic (exact) mass is 453 g/mol. The van der Waals surface area contributed by atoms with Crippen molar-refractivity contribution in [3.63, 3.8) is 0 Å². The number of ether oxygens (including phenoxy) is 1. The maximum absolute atomic E-state index is 13.1. The number of carboxylic acids is 1. The fourth-order valence-electron chi connectivity index (χ4n) is 4.50. The van der Waals surface area contributed by atoms with Gasteiger partial charge in [0, 0.05) is 18.8 Å². The Kier molecular flexibility index (Phi) is 8.75. The van der Waals surface area contributed by atoms with Gasteiger partial charge < -0.3 is 20.1 Å². The number of anilines is 1. The topological polar surface area (TPSA) is 78.9 Å². The lowest BCUT2D eigenvalue weighted by molar-refractivity contribution is -0.121. The molecular formula is C27H36N2O4. The van der Waals surface area contributed by atoms with E-state index in [2.05, 4.69) is 42.3 Å². The van der Waals surface area contributed by atoms with Crippen LogP contribution in [0.3, 0.4) is 0 Å². The van der Waals surface area contributed by atoms with Crippen LogP contribution in [0.1, 0.15) is 74.0 Å². The second-order valence-electron chi connectivity index (χ2n) is 9.10. The highest BCUT2D eigenvalue weighted by atomic mass is 16.5. The van der Waals surface area contributed by atoms with Gasteiger partial charge in [0.2, 0.25) is 5.91 Å². The molecule has 3 rings (SSSR count). The zero-order chi connectivity index (χ0) is 23.8. The molecule has 1 fully saturated rings. The summed E-state index contributed by atoms with van der Waals surface area (Å²) in [5, 5.41) is 12.6. The number of carbonyl (C=O) groups is 2. The normalized spacial score (nSPS) is 14.7. The van der Waals surface area contributed by atoms with Gasteiger partial charge in [-0.25, -0.2) is 4.79 Å². The lowest BCUT2D eigenvalue weighted by Crippen LogP contribution is -2.34. The molecule has 1 saturated heterocycles. The molecule has 1 amide bonds. The Labute approximate surface area is 196 Å². The number of rotatable bonds is 10. The highest BCUT2D eigenvalue weighted by Gasteiger charge is 2.23. The molecule has 0 radical (unpaired) electrons. The Hall–Kier alpha value is -3.02. The highest BCUT2D eigenvalue weighted by Crippen LogP contribution is 2.32.